The number of amides is 4. The first kappa shape index (κ1) is 24.2. The Labute approximate surface area is 219 Å². The second-order valence-electron chi connectivity index (χ2n) is 9.89. The van der Waals surface area contributed by atoms with Crippen LogP contribution in [-0.4, -0.2) is 65.9 Å². The fourth-order valence-electron chi connectivity index (χ4n) is 5.67. The molecular formula is C28H29N5O5. The molecular weight excluding hydrogens is 486 g/mol. The average molecular weight is 516 g/mol. The number of H-pyrrole nitrogens is 1. The van der Waals surface area contributed by atoms with Crippen molar-refractivity contribution in [3.05, 3.63) is 58.8 Å². The number of rotatable bonds is 5. The largest absolute Gasteiger partial charge is 0.378 e. The van der Waals surface area contributed by atoms with Gasteiger partial charge in [0.15, 0.2) is 0 Å². The summed E-state index contributed by atoms with van der Waals surface area (Å²) in [7, 11) is 0. The Morgan fingerprint density at radius 1 is 1.11 bits per heavy atom. The molecule has 0 saturated carbocycles. The minimum Gasteiger partial charge on any atom is -0.378 e. The summed E-state index contributed by atoms with van der Waals surface area (Å²) in [6.45, 7) is 5.35. The number of aromatic nitrogens is 1. The van der Waals surface area contributed by atoms with E-state index in [9.17, 15) is 19.2 Å². The molecule has 0 aliphatic carbocycles. The van der Waals surface area contributed by atoms with Gasteiger partial charge >= 0.3 is 0 Å². The summed E-state index contributed by atoms with van der Waals surface area (Å²) in [6.07, 6.45) is 1.21. The number of hydrogen-bond acceptors (Lipinski definition) is 6. The molecule has 3 aliphatic rings. The highest BCUT2D eigenvalue weighted by molar-refractivity contribution is 6.09. The number of carbonyl (C=O) groups excluding carboxylic acids is 4. The van der Waals surface area contributed by atoms with Crippen molar-refractivity contribution < 1.29 is 23.9 Å². The fourth-order valence-corrected chi connectivity index (χ4v) is 5.67. The Kier molecular flexibility index (Phi) is 6.11. The topological polar surface area (TPSA) is 124 Å². The molecule has 3 aliphatic heterocycles. The molecule has 10 heteroatoms. The van der Waals surface area contributed by atoms with Gasteiger partial charge in [-0.3, -0.25) is 24.5 Å². The average Bonchev–Trinajstić information content (AvgIpc) is 3.46. The van der Waals surface area contributed by atoms with Crippen molar-refractivity contribution >= 4 is 45.9 Å². The molecule has 2 fully saturated rings. The first-order valence-corrected chi connectivity index (χ1v) is 13.0. The number of hydrogen-bond donors (Lipinski definition) is 3. The molecule has 2 saturated heterocycles. The van der Waals surface area contributed by atoms with Crippen LogP contribution in [0.1, 0.15) is 51.7 Å². The van der Waals surface area contributed by atoms with E-state index in [2.05, 4.69) is 38.7 Å². The van der Waals surface area contributed by atoms with E-state index in [1.165, 1.54) is 4.90 Å². The number of imide groups is 1. The van der Waals surface area contributed by atoms with Crippen molar-refractivity contribution in [1.29, 1.82) is 0 Å². The van der Waals surface area contributed by atoms with Crippen LogP contribution >= 0.6 is 0 Å². The maximum absolute atomic E-state index is 13.4. The number of benzene rings is 2. The molecule has 1 unspecified atom stereocenters. The van der Waals surface area contributed by atoms with Gasteiger partial charge < -0.3 is 24.8 Å². The van der Waals surface area contributed by atoms with Gasteiger partial charge in [0, 0.05) is 53.9 Å². The van der Waals surface area contributed by atoms with Crippen molar-refractivity contribution in [1.82, 2.24) is 15.2 Å². The second-order valence-corrected chi connectivity index (χ2v) is 9.89. The van der Waals surface area contributed by atoms with Crippen molar-refractivity contribution in [2.24, 2.45) is 0 Å². The molecule has 10 nitrogen and oxygen atoms in total. The van der Waals surface area contributed by atoms with E-state index in [-0.39, 0.29) is 30.7 Å². The van der Waals surface area contributed by atoms with Crippen LogP contribution in [0.5, 0.6) is 0 Å². The summed E-state index contributed by atoms with van der Waals surface area (Å²) in [5, 5.41) is 6.31. The molecule has 2 aromatic carbocycles. The van der Waals surface area contributed by atoms with Gasteiger partial charge in [0.1, 0.15) is 11.7 Å². The molecule has 0 spiro atoms. The third kappa shape index (κ3) is 4.20. The van der Waals surface area contributed by atoms with Gasteiger partial charge in [-0.15, -0.1) is 0 Å². The Balaban J connectivity index is 1.22. The van der Waals surface area contributed by atoms with Crippen LogP contribution in [0, 0.1) is 0 Å². The highest BCUT2D eigenvalue weighted by Gasteiger charge is 2.39. The van der Waals surface area contributed by atoms with Gasteiger partial charge in [-0.25, -0.2) is 0 Å². The van der Waals surface area contributed by atoms with Gasteiger partial charge in [0.25, 0.3) is 11.8 Å². The van der Waals surface area contributed by atoms with Crippen LogP contribution in [0.15, 0.2) is 36.4 Å². The smallest absolute Gasteiger partial charge is 0.272 e. The first-order chi connectivity index (χ1) is 18.4. The maximum atomic E-state index is 13.4. The molecule has 0 bridgehead atoms. The molecule has 38 heavy (non-hydrogen) atoms. The van der Waals surface area contributed by atoms with E-state index >= 15 is 0 Å². The molecule has 4 amide bonds. The highest BCUT2D eigenvalue weighted by Crippen LogP contribution is 2.31. The summed E-state index contributed by atoms with van der Waals surface area (Å²) in [6, 6.07) is 10.7. The van der Waals surface area contributed by atoms with Crippen LogP contribution in [0.3, 0.4) is 0 Å². The minimum atomic E-state index is -0.675. The van der Waals surface area contributed by atoms with E-state index in [0.29, 0.717) is 43.0 Å². The molecule has 0 radical (unpaired) electrons. The predicted molar refractivity (Wildman–Crippen MR) is 141 cm³/mol. The third-order valence-corrected chi connectivity index (χ3v) is 7.63. The number of fused-ring (bicyclic) bond motifs is 2. The Hall–Kier alpha value is -4.18. The molecule has 1 atom stereocenters. The van der Waals surface area contributed by atoms with Gasteiger partial charge in [0.2, 0.25) is 11.8 Å². The third-order valence-electron chi connectivity index (χ3n) is 7.63. The number of nitrogens with one attached hydrogen (secondary N) is 3. The summed E-state index contributed by atoms with van der Waals surface area (Å²) in [5.74, 6) is -1.26. The van der Waals surface area contributed by atoms with Crippen molar-refractivity contribution in [2.45, 2.75) is 38.8 Å². The summed E-state index contributed by atoms with van der Waals surface area (Å²) >= 11 is 0. The van der Waals surface area contributed by atoms with Crippen LogP contribution < -0.4 is 15.5 Å². The molecule has 196 valence electrons. The van der Waals surface area contributed by atoms with Crippen LogP contribution in [0.25, 0.3) is 10.9 Å². The molecule has 4 heterocycles. The molecule has 3 N–H and O–H groups in total. The molecule has 6 rings (SSSR count). The normalized spacial score (nSPS) is 19.6. The van der Waals surface area contributed by atoms with Gasteiger partial charge in [-0.1, -0.05) is 13.0 Å². The van der Waals surface area contributed by atoms with Crippen molar-refractivity contribution in [3.8, 4) is 0 Å². The quantitative estimate of drug-likeness (QED) is 0.449. The van der Waals surface area contributed by atoms with E-state index in [1.54, 1.807) is 18.2 Å². The minimum absolute atomic E-state index is 0.204. The van der Waals surface area contributed by atoms with E-state index in [1.807, 2.05) is 6.92 Å². The second kappa shape index (κ2) is 9.60. The zero-order chi connectivity index (χ0) is 26.4. The van der Waals surface area contributed by atoms with Gasteiger partial charge in [-0.2, -0.15) is 0 Å². The van der Waals surface area contributed by atoms with Crippen molar-refractivity contribution in [2.75, 3.05) is 36.5 Å². The summed E-state index contributed by atoms with van der Waals surface area (Å²) in [4.78, 5) is 57.2. The number of aryl methyl sites for hydroxylation is 1. The first-order valence-electron chi connectivity index (χ1n) is 13.0. The lowest BCUT2D eigenvalue weighted by atomic mass is 10.0. The van der Waals surface area contributed by atoms with E-state index in [0.717, 1.165) is 40.8 Å². The SMILES string of the molecule is CCc1c(C(=O)Nc2ccc3c(c2)CN(C2CCC(=O)NC2=O)C3=O)[nH]c2cc(N3CCOCC3)ccc12. The van der Waals surface area contributed by atoms with Crippen LogP contribution in [-0.2, 0) is 27.3 Å². The predicted octanol–water partition coefficient (Wildman–Crippen LogP) is 2.58. The van der Waals surface area contributed by atoms with Crippen LogP contribution in [0.4, 0.5) is 11.4 Å². The summed E-state index contributed by atoms with van der Waals surface area (Å²) < 4.78 is 5.46. The zero-order valence-electron chi connectivity index (χ0n) is 21.1. The lowest BCUT2D eigenvalue weighted by molar-refractivity contribution is -0.136. The number of anilines is 2. The lowest BCUT2D eigenvalue weighted by Gasteiger charge is -2.29. The van der Waals surface area contributed by atoms with E-state index < -0.39 is 11.9 Å². The number of nitrogens with zero attached hydrogens (tertiary/aromatic N) is 2. The highest BCUT2D eigenvalue weighted by atomic mass is 16.5. The number of ether oxygens (including phenoxy) is 1. The Bertz CT molecular complexity index is 1470. The number of morpholine rings is 1. The number of carbonyl (C=O) groups is 4. The van der Waals surface area contributed by atoms with Gasteiger partial charge in [-0.05, 0) is 54.3 Å². The number of aromatic amines is 1. The summed E-state index contributed by atoms with van der Waals surface area (Å²) in [5.41, 5.74) is 5.29. The Morgan fingerprint density at radius 3 is 2.68 bits per heavy atom. The van der Waals surface area contributed by atoms with E-state index in [4.69, 9.17) is 4.74 Å². The van der Waals surface area contributed by atoms with Crippen LogP contribution in [0.2, 0.25) is 0 Å². The fraction of sp³-hybridized carbons (Fsp3) is 0.357. The van der Waals surface area contributed by atoms with Crippen molar-refractivity contribution in [3.63, 3.8) is 0 Å². The molecule has 3 aromatic rings. The van der Waals surface area contributed by atoms with Gasteiger partial charge in [0.05, 0.1) is 13.2 Å². The molecule has 1 aromatic heterocycles. The Morgan fingerprint density at radius 2 is 1.92 bits per heavy atom. The number of piperidine rings is 1. The monoisotopic (exact) mass is 515 g/mol. The lowest BCUT2D eigenvalue weighted by Crippen LogP contribution is -2.52. The maximum Gasteiger partial charge on any atom is 0.272 e. The zero-order valence-corrected chi connectivity index (χ0v) is 21.1. The standard InChI is InChI=1S/C28H29N5O5/c1-2-19-21-6-4-18(32-9-11-38-12-10-32)14-22(21)30-25(19)27(36)29-17-3-5-20-16(13-17)15-33(28(20)37)23-7-8-24(34)31-26(23)35/h3-6,13-14,23,30H,2,7-12,15H2,1H3,(H,29,36)(H,31,34,35).